The number of hydrogen-bond donors (Lipinski definition) is 0. The zero-order valence-corrected chi connectivity index (χ0v) is 13.0. The van der Waals surface area contributed by atoms with E-state index in [0.717, 1.165) is 30.4 Å². The number of imidazole rings is 1. The van der Waals surface area contributed by atoms with Gasteiger partial charge in [0.25, 0.3) is 5.91 Å². The molecule has 7 nitrogen and oxygen atoms in total. The zero-order chi connectivity index (χ0) is 15.8. The Morgan fingerprint density at radius 3 is 3.09 bits per heavy atom. The Balaban J connectivity index is 1.57. The van der Waals surface area contributed by atoms with Gasteiger partial charge in [0.1, 0.15) is 5.52 Å². The molecule has 4 rings (SSSR count). The number of likely N-dealkylation sites (tertiary alicyclic amines) is 1. The maximum atomic E-state index is 12.8. The smallest absolute Gasteiger partial charge is 0.254 e. The molecule has 0 aliphatic carbocycles. The van der Waals surface area contributed by atoms with Crippen molar-refractivity contribution < 1.29 is 4.79 Å². The first-order chi connectivity index (χ1) is 11.2. The molecule has 1 saturated heterocycles. The SMILES string of the molecule is Cn1nnc2cc(C(=O)N3CCC[C@H](n4ccnc4)C3)ccc21. The van der Waals surface area contributed by atoms with E-state index in [9.17, 15) is 4.79 Å². The van der Waals surface area contributed by atoms with Crippen LogP contribution in [0, 0.1) is 0 Å². The molecule has 1 aromatic carbocycles. The highest BCUT2D eigenvalue weighted by Gasteiger charge is 2.25. The Morgan fingerprint density at radius 2 is 2.26 bits per heavy atom. The molecule has 23 heavy (non-hydrogen) atoms. The van der Waals surface area contributed by atoms with Gasteiger partial charge in [-0.2, -0.15) is 0 Å². The molecule has 1 fully saturated rings. The van der Waals surface area contributed by atoms with Gasteiger partial charge in [0.2, 0.25) is 0 Å². The molecule has 118 valence electrons. The van der Waals surface area contributed by atoms with Gasteiger partial charge in [-0.15, -0.1) is 5.10 Å². The Kier molecular flexibility index (Phi) is 3.33. The van der Waals surface area contributed by atoms with Crippen LogP contribution in [0.25, 0.3) is 11.0 Å². The molecule has 7 heteroatoms. The van der Waals surface area contributed by atoms with Gasteiger partial charge in [-0.05, 0) is 31.0 Å². The molecule has 2 aromatic heterocycles. The minimum atomic E-state index is 0.0577. The van der Waals surface area contributed by atoms with Gasteiger partial charge in [-0.25, -0.2) is 9.67 Å². The molecule has 1 amide bonds. The summed E-state index contributed by atoms with van der Waals surface area (Å²) in [6.07, 6.45) is 7.64. The number of hydrogen-bond acceptors (Lipinski definition) is 4. The van der Waals surface area contributed by atoms with Gasteiger partial charge in [-0.1, -0.05) is 5.21 Å². The second kappa shape index (κ2) is 5.49. The Labute approximate surface area is 133 Å². The van der Waals surface area contributed by atoms with Crippen molar-refractivity contribution in [2.24, 2.45) is 7.05 Å². The molecule has 0 bridgehead atoms. The monoisotopic (exact) mass is 310 g/mol. The number of aromatic nitrogens is 5. The Bertz CT molecular complexity index is 838. The van der Waals surface area contributed by atoms with Gasteiger partial charge < -0.3 is 9.47 Å². The highest BCUT2D eigenvalue weighted by Crippen LogP contribution is 2.23. The number of rotatable bonds is 2. The molecule has 0 radical (unpaired) electrons. The Morgan fingerprint density at radius 1 is 1.35 bits per heavy atom. The molecule has 0 spiro atoms. The zero-order valence-electron chi connectivity index (χ0n) is 13.0. The van der Waals surface area contributed by atoms with E-state index >= 15 is 0 Å². The van der Waals surface area contributed by atoms with Crippen molar-refractivity contribution in [2.75, 3.05) is 13.1 Å². The molecule has 0 unspecified atom stereocenters. The van der Waals surface area contributed by atoms with Crippen LogP contribution < -0.4 is 0 Å². The van der Waals surface area contributed by atoms with E-state index in [1.54, 1.807) is 10.9 Å². The first-order valence-corrected chi connectivity index (χ1v) is 7.78. The molecule has 0 N–H and O–H groups in total. The van der Waals surface area contributed by atoms with Crippen molar-refractivity contribution >= 4 is 16.9 Å². The van der Waals surface area contributed by atoms with Crippen molar-refractivity contribution in [1.82, 2.24) is 29.4 Å². The lowest BCUT2D eigenvalue weighted by atomic mass is 10.0. The average Bonchev–Trinajstić information content (AvgIpc) is 3.24. The number of carbonyl (C=O) groups excluding carboxylic acids is 1. The maximum absolute atomic E-state index is 12.8. The Hall–Kier alpha value is -2.70. The standard InChI is InChI=1S/C16H18N6O/c1-20-15-5-4-12(9-14(15)18-19-20)16(23)21-7-2-3-13(10-21)22-8-6-17-11-22/h4-6,8-9,11,13H,2-3,7,10H2,1H3/t13-/m0/s1. The van der Waals surface area contributed by atoms with Crippen LogP contribution in [0.3, 0.4) is 0 Å². The van der Waals surface area contributed by atoms with Crippen LogP contribution in [0.5, 0.6) is 0 Å². The van der Waals surface area contributed by atoms with Crippen LogP contribution in [0.2, 0.25) is 0 Å². The lowest BCUT2D eigenvalue weighted by Gasteiger charge is -2.33. The quantitative estimate of drug-likeness (QED) is 0.721. The van der Waals surface area contributed by atoms with E-state index in [1.165, 1.54) is 0 Å². The second-order valence-electron chi connectivity index (χ2n) is 5.97. The van der Waals surface area contributed by atoms with Crippen LogP contribution in [0.15, 0.2) is 36.9 Å². The predicted molar refractivity (Wildman–Crippen MR) is 84.9 cm³/mol. The molecular formula is C16H18N6O. The fourth-order valence-electron chi connectivity index (χ4n) is 3.22. The minimum Gasteiger partial charge on any atom is -0.337 e. The third-order valence-electron chi connectivity index (χ3n) is 4.49. The lowest BCUT2D eigenvalue weighted by molar-refractivity contribution is 0.0679. The first-order valence-electron chi connectivity index (χ1n) is 7.78. The molecule has 3 heterocycles. The van der Waals surface area contributed by atoms with Crippen LogP contribution in [0.1, 0.15) is 29.2 Å². The molecule has 1 atom stereocenters. The van der Waals surface area contributed by atoms with Crippen LogP contribution in [-0.2, 0) is 7.05 Å². The number of amides is 1. The van der Waals surface area contributed by atoms with E-state index in [4.69, 9.17) is 0 Å². The number of piperidine rings is 1. The van der Waals surface area contributed by atoms with Crippen molar-refractivity contribution in [2.45, 2.75) is 18.9 Å². The summed E-state index contributed by atoms with van der Waals surface area (Å²) >= 11 is 0. The maximum Gasteiger partial charge on any atom is 0.254 e. The summed E-state index contributed by atoms with van der Waals surface area (Å²) in [5.41, 5.74) is 2.35. The topological polar surface area (TPSA) is 68.8 Å². The fraction of sp³-hybridized carbons (Fsp3) is 0.375. The highest BCUT2D eigenvalue weighted by atomic mass is 16.2. The lowest BCUT2D eigenvalue weighted by Crippen LogP contribution is -2.40. The predicted octanol–water partition coefficient (Wildman–Crippen LogP) is 1.64. The summed E-state index contributed by atoms with van der Waals surface area (Å²) in [5, 5.41) is 8.08. The third kappa shape index (κ3) is 2.48. The largest absolute Gasteiger partial charge is 0.337 e. The van der Waals surface area contributed by atoms with Crippen molar-refractivity contribution in [3.63, 3.8) is 0 Å². The van der Waals surface area contributed by atoms with Gasteiger partial charge >= 0.3 is 0 Å². The summed E-state index contributed by atoms with van der Waals surface area (Å²) in [5.74, 6) is 0.0577. The minimum absolute atomic E-state index is 0.0577. The molecule has 0 saturated carbocycles. The van der Waals surface area contributed by atoms with Gasteiger partial charge in [0.05, 0.1) is 17.9 Å². The number of aryl methyl sites for hydroxylation is 1. The number of benzene rings is 1. The summed E-state index contributed by atoms with van der Waals surface area (Å²) in [6.45, 7) is 1.51. The van der Waals surface area contributed by atoms with E-state index in [1.807, 2.05) is 42.7 Å². The summed E-state index contributed by atoms with van der Waals surface area (Å²) < 4.78 is 3.80. The summed E-state index contributed by atoms with van der Waals surface area (Å²) in [7, 11) is 1.84. The van der Waals surface area contributed by atoms with E-state index in [2.05, 4.69) is 19.9 Å². The van der Waals surface area contributed by atoms with Gasteiger partial charge in [-0.3, -0.25) is 4.79 Å². The summed E-state index contributed by atoms with van der Waals surface area (Å²) in [4.78, 5) is 18.8. The normalized spacial score (nSPS) is 18.5. The summed E-state index contributed by atoms with van der Waals surface area (Å²) in [6, 6.07) is 5.88. The second-order valence-corrected chi connectivity index (χ2v) is 5.97. The van der Waals surface area contributed by atoms with E-state index in [-0.39, 0.29) is 5.91 Å². The van der Waals surface area contributed by atoms with Crippen LogP contribution >= 0.6 is 0 Å². The average molecular weight is 310 g/mol. The number of carbonyl (C=O) groups is 1. The molecule has 3 aromatic rings. The van der Waals surface area contributed by atoms with Crippen molar-refractivity contribution in [3.8, 4) is 0 Å². The van der Waals surface area contributed by atoms with Gasteiger partial charge in [0, 0.05) is 38.1 Å². The van der Waals surface area contributed by atoms with E-state index in [0.29, 0.717) is 18.2 Å². The number of nitrogens with zero attached hydrogens (tertiary/aromatic N) is 6. The van der Waals surface area contributed by atoms with Crippen molar-refractivity contribution in [3.05, 3.63) is 42.5 Å². The van der Waals surface area contributed by atoms with Crippen molar-refractivity contribution in [1.29, 1.82) is 0 Å². The third-order valence-corrected chi connectivity index (χ3v) is 4.49. The van der Waals surface area contributed by atoms with Crippen LogP contribution in [-0.4, -0.2) is 48.4 Å². The molecular weight excluding hydrogens is 292 g/mol. The number of fused-ring (bicyclic) bond motifs is 1. The molecule has 1 aliphatic heterocycles. The highest BCUT2D eigenvalue weighted by molar-refractivity contribution is 5.97. The fourth-order valence-corrected chi connectivity index (χ4v) is 3.22. The van der Waals surface area contributed by atoms with Crippen LogP contribution in [0.4, 0.5) is 0 Å². The van der Waals surface area contributed by atoms with Gasteiger partial charge in [0.15, 0.2) is 0 Å². The van der Waals surface area contributed by atoms with E-state index < -0.39 is 0 Å². The first kappa shape index (κ1) is 13.9. The molecule has 1 aliphatic rings.